The molecule has 2 nitrogen and oxygen atoms in total. The predicted molar refractivity (Wildman–Crippen MR) is 55.3 cm³/mol. The monoisotopic (exact) mass is 203 g/mol. The maximum atomic E-state index is 12.9. The van der Waals surface area contributed by atoms with Gasteiger partial charge in [0.05, 0.1) is 11.2 Å². The number of nitrogens with zero attached hydrogens (tertiary/aromatic N) is 1. The fourth-order valence-electron chi connectivity index (χ4n) is 1.81. The van der Waals surface area contributed by atoms with Crippen molar-refractivity contribution in [2.24, 2.45) is 0 Å². The Kier molecular flexibility index (Phi) is 1.69. The van der Waals surface area contributed by atoms with E-state index in [0.717, 1.165) is 24.1 Å². The Hall–Kier alpha value is -1.64. The van der Waals surface area contributed by atoms with Crippen LogP contribution in [0.1, 0.15) is 24.5 Å². The highest BCUT2D eigenvalue weighted by molar-refractivity contribution is 5.80. The lowest BCUT2D eigenvalue weighted by molar-refractivity contribution is 0.465. The largest absolute Gasteiger partial charge is 0.506 e. The molecule has 76 valence electrons. The van der Waals surface area contributed by atoms with E-state index in [1.54, 1.807) is 12.1 Å². The summed E-state index contributed by atoms with van der Waals surface area (Å²) in [5, 5.41) is 10.4. The van der Waals surface area contributed by atoms with E-state index in [1.807, 2.05) is 0 Å². The molecule has 0 amide bonds. The summed E-state index contributed by atoms with van der Waals surface area (Å²) in [6.45, 7) is 0. The van der Waals surface area contributed by atoms with Crippen LogP contribution < -0.4 is 0 Å². The summed E-state index contributed by atoms with van der Waals surface area (Å²) >= 11 is 0. The Balaban J connectivity index is 2.25. The van der Waals surface area contributed by atoms with Crippen LogP contribution in [0.15, 0.2) is 24.3 Å². The summed E-state index contributed by atoms with van der Waals surface area (Å²) in [6.07, 6.45) is 2.18. The lowest BCUT2D eigenvalue weighted by Crippen LogP contribution is -1.89. The molecule has 0 bridgehead atoms. The van der Waals surface area contributed by atoms with Crippen LogP contribution in [-0.4, -0.2) is 10.1 Å². The molecule has 1 fully saturated rings. The SMILES string of the molecule is Oc1cc2cc(F)ccc2nc1C1CC1. The number of fused-ring (bicyclic) bond motifs is 1. The number of aromatic nitrogens is 1. The Morgan fingerprint density at radius 2 is 2.07 bits per heavy atom. The highest BCUT2D eigenvalue weighted by atomic mass is 19.1. The molecule has 1 aliphatic rings. The van der Waals surface area contributed by atoms with Crippen LogP contribution in [-0.2, 0) is 0 Å². The highest BCUT2D eigenvalue weighted by Crippen LogP contribution is 2.43. The van der Waals surface area contributed by atoms with Crippen molar-refractivity contribution in [1.82, 2.24) is 4.98 Å². The van der Waals surface area contributed by atoms with Crippen LogP contribution >= 0.6 is 0 Å². The van der Waals surface area contributed by atoms with Crippen LogP contribution in [0.25, 0.3) is 10.9 Å². The average Bonchev–Trinajstić information content (AvgIpc) is 3.00. The van der Waals surface area contributed by atoms with Gasteiger partial charge < -0.3 is 5.11 Å². The minimum absolute atomic E-state index is 0.190. The van der Waals surface area contributed by atoms with Crippen molar-refractivity contribution < 1.29 is 9.50 Å². The van der Waals surface area contributed by atoms with Gasteiger partial charge >= 0.3 is 0 Å². The standard InChI is InChI=1S/C12H10FNO/c13-9-3-4-10-8(5-9)6-11(15)12(14-10)7-1-2-7/h3-7,15H,1-2H2. The third-order valence-electron chi connectivity index (χ3n) is 2.75. The van der Waals surface area contributed by atoms with Gasteiger partial charge in [-0.2, -0.15) is 0 Å². The zero-order valence-electron chi connectivity index (χ0n) is 8.07. The van der Waals surface area contributed by atoms with Crippen LogP contribution in [0.2, 0.25) is 0 Å². The number of benzene rings is 1. The molecule has 0 spiro atoms. The molecule has 0 aliphatic heterocycles. The van der Waals surface area contributed by atoms with Gasteiger partial charge in [-0.15, -0.1) is 0 Å². The van der Waals surface area contributed by atoms with E-state index >= 15 is 0 Å². The number of hydrogen-bond donors (Lipinski definition) is 1. The van der Waals surface area contributed by atoms with E-state index in [1.165, 1.54) is 12.1 Å². The Morgan fingerprint density at radius 1 is 1.27 bits per heavy atom. The quantitative estimate of drug-likeness (QED) is 0.772. The molecular formula is C12H10FNO. The van der Waals surface area contributed by atoms with Gasteiger partial charge in [-0.25, -0.2) is 9.37 Å². The fourth-order valence-corrected chi connectivity index (χ4v) is 1.81. The van der Waals surface area contributed by atoms with Crippen molar-refractivity contribution in [2.75, 3.05) is 0 Å². The number of aromatic hydroxyl groups is 1. The van der Waals surface area contributed by atoms with E-state index in [9.17, 15) is 9.50 Å². The number of halogens is 1. The molecular weight excluding hydrogens is 193 g/mol. The van der Waals surface area contributed by atoms with Crippen molar-refractivity contribution in [3.8, 4) is 5.75 Å². The molecule has 3 heteroatoms. The van der Waals surface area contributed by atoms with Gasteiger partial charge in [-0.05, 0) is 37.1 Å². The van der Waals surface area contributed by atoms with Gasteiger partial charge in [-0.1, -0.05) is 0 Å². The minimum Gasteiger partial charge on any atom is -0.506 e. The lowest BCUT2D eigenvalue weighted by atomic mass is 10.1. The van der Waals surface area contributed by atoms with Crippen LogP contribution in [0.4, 0.5) is 4.39 Å². The molecule has 0 unspecified atom stereocenters. The summed E-state index contributed by atoms with van der Waals surface area (Å²) in [7, 11) is 0. The zero-order chi connectivity index (χ0) is 10.4. The first-order valence-electron chi connectivity index (χ1n) is 5.03. The second-order valence-electron chi connectivity index (χ2n) is 4.00. The van der Waals surface area contributed by atoms with Crippen LogP contribution in [0, 0.1) is 5.82 Å². The first kappa shape index (κ1) is 8.65. The van der Waals surface area contributed by atoms with Crippen molar-refractivity contribution in [1.29, 1.82) is 0 Å². The van der Waals surface area contributed by atoms with Crippen LogP contribution in [0.5, 0.6) is 5.75 Å². The summed E-state index contributed by atoms with van der Waals surface area (Å²) in [5.74, 6) is 0.290. The van der Waals surface area contributed by atoms with Crippen molar-refractivity contribution >= 4 is 10.9 Å². The fraction of sp³-hybridized carbons (Fsp3) is 0.250. The molecule has 1 aromatic carbocycles. The van der Waals surface area contributed by atoms with E-state index < -0.39 is 0 Å². The Bertz CT molecular complexity index is 534. The van der Waals surface area contributed by atoms with E-state index in [4.69, 9.17) is 0 Å². The van der Waals surface area contributed by atoms with Gasteiger partial charge in [0.1, 0.15) is 11.6 Å². The van der Waals surface area contributed by atoms with Gasteiger partial charge in [0.15, 0.2) is 0 Å². The summed E-state index contributed by atoms with van der Waals surface area (Å²) in [6, 6.07) is 6.02. The Labute approximate surface area is 86.4 Å². The normalized spacial score (nSPS) is 15.8. The topological polar surface area (TPSA) is 33.1 Å². The minimum atomic E-state index is -0.303. The van der Waals surface area contributed by atoms with E-state index in [0.29, 0.717) is 11.3 Å². The van der Waals surface area contributed by atoms with Crippen LogP contribution in [0.3, 0.4) is 0 Å². The maximum absolute atomic E-state index is 12.9. The molecule has 3 rings (SSSR count). The summed E-state index contributed by atoms with van der Waals surface area (Å²) < 4.78 is 12.9. The van der Waals surface area contributed by atoms with Crippen molar-refractivity contribution in [3.63, 3.8) is 0 Å². The molecule has 15 heavy (non-hydrogen) atoms. The van der Waals surface area contributed by atoms with Crippen molar-refractivity contribution in [3.05, 3.63) is 35.8 Å². The van der Waals surface area contributed by atoms with Gasteiger partial charge in [0.2, 0.25) is 0 Å². The molecule has 0 radical (unpaired) electrons. The molecule has 1 heterocycles. The van der Waals surface area contributed by atoms with E-state index in [2.05, 4.69) is 4.98 Å². The number of pyridine rings is 1. The average molecular weight is 203 g/mol. The van der Waals surface area contributed by atoms with Crippen molar-refractivity contribution in [2.45, 2.75) is 18.8 Å². The molecule has 0 saturated heterocycles. The van der Waals surface area contributed by atoms with Gasteiger partial charge in [0.25, 0.3) is 0 Å². The molecule has 0 atom stereocenters. The second kappa shape index (κ2) is 2.92. The smallest absolute Gasteiger partial charge is 0.138 e. The summed E-state index contributed by atoms with van der Waals surface area (Å²) in [5.41, 5.74) is 1.50. The molecule has 1 N–H and O–H groups in total. The van der Waals surface area contributed by atoms with Gasteiger partial charge in [0, 0.05) is 11.3 Å². The molecule has 1 aliphatic carbocycles. The Morgan fingerprint density at radius 3 is 2.80 bits per heavy atom. The third kappa shape index (κ3) is 1.44. The molecule has 2 aromatic rings. The lowest BCUT2D eigenvalue weighted by Gasteiger charge is -2.04. The first-order valence-corrected chi connectivity index (χ1v) is 5.03. The van der Waals surface area contributed by atoms with E-state index in [-0.39, 0.29) is 11.6 Å². The predicted octanol–water partition coefficient (Wildman–Crippen LogP) is 2.96. The third-order valence-corrected chi connectivity index (χ3v) is 2.75. The number of rotatable bonds is 1. The molecule has 1 aromatic heterocycles. The zero-order valence-corrected chi connectivity index (χ0v) is 8.07. The maximum Gasteiger partial charge on any atom is 0.138 e. The highest BCUT2D eigenvalue weighted by Gasteiger charge is 2.28. The first-order chi connectivity index (χ1) is 7.24. The second-order valence-corrected chi connectivity index (χ2v) is 4.00. The molecule has 1 saturated carbocycles. The number of hydrogen-bond acceptors (Lipinski definition) is 2. The van der Waals surface area contributed by atoms with Gasteiger partial charge in [-0.3, -0.25) is 0 Å². The summed E-state index contributed by atoms with van der Waals surface area (Å²) in [4.78, 5) is 4.36.